The van der Waals surface area contributed by atoms with E-state index in [1.165, 1.54) is 32.1 Å². The first-order valence-corrected chi connectivity index (χ1v) is 7.41. The van der Waals surface area contributed by atoms with Gasteiger partial charge in [-0.3, -0.25) is 0 Å². The van der Waals surface area contributed by atoms with Gasteiger partial charge >= 0.3 is 0 Å². The lowest BCUT2D eigenvalue weighted by Crippen LogP contribution is -2.27. The molecule has 1 atom stereocenters. The van der Waals surface area contributed by atoms with Crippen molar-refractivity contribution in [3.05, 3.63) is 23.2 Å². The molecule has 1 unspecified atom stereocenters. The minimum absolute atomic E-state index is 0.153. The third-order valence-electron chi connectivity index (χ3n) is 4.26. The maximum Gasteiger partial charge on any atom is 0.160 e. The number of halogens is 1. The molecule has 104 valence electrons. The Balaban J connectivity index is 1.59. The van der Waals surface area contributed by atoms with E-state index in [0.29, 0.717) is 23.1 Å². The van der Waals surface area contributed by atoms with Gasteiger partial charge in [0, 0.05) is 0 Å². The maximum atomic E-state index is 6.20. The van der Waals surface area contributed by atoms with Gasteiger partial charge in [-0.15, -0.1) is 0 Å². The van der Waals surface area contributed by atoms with Crippen molar-refractivity contribution in [2.24, 2.45) is 0 Å². The zero-order valence-corrected chi connectivity index (χ0v) is 11.8. The molecule has 3 rings (SSSR count). The summed E-state index contributed by atoms with van der Waals surface area (Å²) in [6, 6.07) is 5.42. The second kappa shape index (κ2) is 5.22. The van der Waals surface area contributed by atoms with Gasteiger partial charge in [-0.05, 0) is 37.8 Å². The van der Waals surface area contributed by atoms with Crippen LogP contribution in [-0.2, 0) is 4.74 Å². The molecule has 19 heavy (non-hydrogen) atoms. The third kappa shape index (κ3) is 2.67. The lowest BCUT2D eigenvalue weighted by Gasteiger charge is -2.24. The molecule has 1 spiro atoms. The van der Waals surface area contributed by atoms with Crippen LogP contribution in [0.5, 0.6) is 5.75 Å². The summed E-state index contributed by atoms with van der Waals surface area (Å²) in [6.45, 7) is 0.537. The zero-order valence-electron chi connectivity index (χ0n) is 11.0. The Bertz CT molecular complexity index is 437. The van der Waals surface area contributed by atoms with Gasteiger partial charge in [0.05, 0.1) is 22.4 Å². The minimum Gasteiger partial charge on any atom is -0.487 e. The first-order chi connectivity index (χ1) is 9.19. The van der Waals surface area contributed by atoms with Crippen LogP contribution in [0.4, 0.5) is 5.69 Å². The van der Waals surface area contributed by atoms with Crippen molar-refractivity contribution in [2.75, 3.05) is 12.3 Å². The van der Waals surface area contributed by atoms with Crippen molar-refractivity contribution in [1.82, 2.24) is 0 Å². The Hall–Kier alpha value is -0.930. The van der Waals surface area contributed by atoms with Crippen LogP contribution >= 0.6 is 11.6 Å². The van der Waals surface area contributed by atoms with Gasteiger partial charge in [-0.2, -0.15) is 0 Å². The molecule has 2 N–H and O–H groups in total. The minimum atomic E-state index is 0.153. The van der Waals surface area contributed by atoms with Gasteiger partial charge in [-0.1, -0.05) is 30.5 Å². The third-order valence-corrected chi connectivity index (χ3v) is 4.56. The summed E-state index contributed by atoms with van der Waals surface area (Å²) in [7, 11) is 0. The van der Waals surface area contributed by atoms with Gasteiger partial charge in [0.15, 0.2) is 5.75 Å². The molecule has 1 aliphatic carbocycles. The van der Waals surface area contributed by atoms with E-state index in [1.807, 2.05) is 6.07 Å². The highest BCUT2D eigenvalue weighted by atomic mass is 35.5. The molecule has 0 radical (unpaired) electrons. The van der Waals surface area contributed by atoms with E-state index in [-0.39, 0.29) is 11.7 Å². The zero-order chi connectivity index (χ0) is 13.3. The van der Waals surface area contributed by atoms with Gasteiger partial charge in [-0.25, -0.2) is 0 Å². The van der Waals surface area contributed by atoms with Gasteiger partial charge in [0.25, 0.3) is 0 Å². The molecule has 1 saturated heterocycles. The number of nitrogen functional groups attached to an aromatic ring is 1. The van der Waals surface area contributed by atoms with E-state index in [1.54, 1.807) is 12.1 Å². The fraction of sp³-hybridized carbons (Fsp3) is 0.600. The molecule has 3 nitrogen and oxygen atoms in total. The van der Waals surface area contributed by atoms with E-state index in [0.717, 1.165) is 6.42 Å². The molecule has 1 aromatic carbocycles. The van der Waals surface area contributed by atoms with E-state index >= 15 is 0 Å². The number of hydrogen-bond donors (Lipinski definition) is 1. The SMILES string of the molecule is Nc1cccc(Cl)c1OCC1CCC2(CCCC2)O1. The Morgan fingerprint density at radius 2 is 2.11 bits per heavy atom. The van der Waals surface area contributed by atoms with E-state index in [2.05, 4.69) is 0 Å². The van der Waals surface area contributed by atoms with Crippen LogP contribution < -0.4 is 10.5 Å². The van der Waals surface area contributed by atoms with E-state index < -0.39 is 0 Å². The van der Waals surface area contributed by atoms with Crippen LogP contribution in [0.15, 0.2) is 18.2 Å². The number of ether oxygens (including phenoxy) is 2. The van der Waals surface area contributed by atoms with Crippen molar-refractivity contribution in [1.29, 1.82) is 0 Å². The molecule has 0 amide bonds. The molecule has 2 fully saturated rings. The summed E-state index contributed by atoms with van der Waals surface area (Å²) < 4.78 is 12.0. The van der Waals surface area contributed by atoms with Crippen LogP contribution in [0.25, 0.3) is 0 Å². The predicted molar refractivity (Wildman–Crippen MR) is 76.7 cm³/mol. The van der Waals surface area contributed by atoms with Gasteiger partial charge in [0.1, 0.15) is 6.61 Å². The van der Waals surface area contributed by atoms with Crippen molar-refractivity contribution in [3.8, 4) is 5.75 Å². The highest BCUT2D eigenvalue weighted by molar-refractivity contribution is 6.32. The van der Waals surface area contributed by atoms with Gasteiger partial charge in [0.2, 0.25) is 0 Å². The molecule has 1 aliphatic heterocycles. The average Bonchev–Trinajstić information content (AvgIpc) is 3.00. The molecule has 1 heterocycles. The number of nitrogens with two attached hydrogens (primary N) is 1. The highest BCUT2D eigenvalue weighted by Crippen LogP contribution is 2.43. The number of anilines is 1. The van der Waals surface area contributed by atoms with Crippen LogP contribution in [0.2, 0.25) is 5.02 Å². The number of hydrogen-bond acceptors (Lipinski definition) is 3. The number of rotatable bonds is 3. The first-order valence-electron chi connectivity index (χ1n) is 7.03. The summed E-state index contributed by atoms with van der Waals surface area (Å²) in [5, 5.41) is 0.563. The fourth-order valence-electron chi connectivity index (χ4n) is 3.25. The first kappa shape index (κ1) is 13.1. The largest absolute Gasteiger partial charge is 0.487 e. The monoisotopic (exact) mass is 281 g/mol. The van der Waals surface area contributed by atoms with Crippen LogP contribution in [0.3, 0.4) is 0 Å². The average molecular weight is 282 g/mol. The Morgan fingerprint density at radius 3 is 2.84 bits per heavy atom. The fourth-order valence-corrected chi connectivity index (χ4v) is 3.49. The van der Waals surface area contributed by atoms with Crippen LogP contribution in [0.1, 0.15) is 38.5 Å². The molecule has 1 saturated carbocycles. The van der Waals surface area contributed by atoms with Crippen LogP contribution in [0, 0.1) is 0 Å². The van der Waals surface area contributed by atoms with Crippen LogP contribution in [-0.4, -0.2) is 18.3 Å². The summed E-state index contributed by atoms with van der Waals surface area (Å²) in [5.74, 6) is 0.583. The van der Waals surface area contributed by atoms with Crippen molar-refractivity contribution in [2.45, 2.75) is 50.2 Å². The van der Waals surface area contributed by atoms with E-state index in [9.17, 15) is 0 Å². The number of para-hydroxylation sites is 1. The molecule has 2 aliphatic rings. The Morgan fingerprint density at radius 1 is 1.32 bits per heavy atom. The Kier molecular flexibility index (Phi) is 3.59. The lowest BCUT2D eigenvalue weighted by atomic mass is 9.98. The quantitative estimate of drug-likeness (QED) is 0.857. The second-order valence-electron chi connectivity index (χ2n) is 5.64. The molecule has 0 aromatic heterocycles. The molecular formula is C15H20ClNO2. The number of benzene rings is 1. The molecule has 1 aromatic rings. The van der Waals surface area contributed by atoms with E-state index in [4.69, 9.17) is 26.8 Å². The summed E-state index contributed by atoms with van der Waals surface area (Å²) >= 11 is 6.09. The lowest BCUT2D eigenvalue weighted by molar-refractivity contribution is -0.0507. The summed E-state index contributed by atoms with van der Waals surface area (Å²) in [4.78, 5) is 0. The smallest absolute Gasteiger partial charge is 0.160 e. The second-order valence-corrected chi connectivity index (χ2v) is 6.05. The van der Waals surface area contributed by atoms with Crippen molar-refractivity contribution in [3.63, 3.8) is 0 Å². The Labute approximate surface area is 119 Å². The van der Waals surface area contributed by atoms with Gasteiger partial charge < -0.3 is 15.2 Å². The topological polar surface area (TPSA) is 44.5 Å². The highest BCUT2D eigenvalue weighted by Gasteiger charge is 2.42. The molecular weight excluding hydrogens is 262 g/mol. The van der Waals surface area contributed by atoms with Crippen molar-refractivity contribution >= 4 is 17.3 Å². The normalized spacial score (nSPS) is 25.0. The maximum absolute atomic E-state index is 6.20. The predicted octanol–water partition coefficient (Wildman–Crippen LogP) is 3.79. The summed E-state index contributed by atoms with van der Waals surface area (Å²) in [6.07, 6.45) is 7.42. The molecule has 4 heteroatoms. The van der Waals surface area contributed by atoms with Crippen molar-refractivity contribution < 1.29 is 9.47 Å². The summed E-state index contributed by atoms with van der Waals surface area (Å²) in [5.41, 5.74) is 6.61. The molecule has 0 bridgehead atoms. The standard InChI is InChI=1S/C15H20ClNO2/c16-12-4-3-5-13(17)14(12)18-10-11-6-9-15(19-11)7-1-2-8-15/h3-5,11H,1-2,6-10,17H2.